The number of aromatic nitrogens is 1. The third-order valence-corrected chi connectivity index (χ3v) is 8.45. The maximum atomic E-state index is 13.6. The zero-order valence-corrected chi connectivity index (χ0v) is 23.4. The highest BCUT2D eigenvalue weighted by atomic mass is 32.2. The molecule has 1 atom stereocenters. The molecule has 204 valence electrons. The summed E-state index contributed by atoms with van der Waals surface area (Å²) in [6.45, 7) is 11.1. The minimum Gasteiger partial charge on any atom is -0.369 e. The molecule has 1 aliphatic heterocycles. The fraction of sp³-hybridized carbons (Fsp3) is 0.393. The highest BCUT2D eigenvalue weighted by molar-refractivity contribution is 7.77. The molecule has 39 heavy (non-hydrogen) atoms. The minimum absolute atomic E-state index is 0.0387. The predicted molar refractivity (Wildman–Crippen MR) is 148 cm³/mol. The first-order valence-corrected chi connectivity index (χ1v) is 13.8. The van der Waals surface area contributed by atoms with Gasteiger partial charge in [0.05, 0.1) is 35.8 Å². The summed E-state index contributed by atoms with van der Waals surface area (Å²) < 4.78 is 22.0. The van der Waals surface area contributed by atoms with E-state index in [2.05, 4.69) is 35.9 Å². The summed E-state index contributed by atoms with van der Waals surface area (Å²) in [7, 11) is 0. The number of rotatable bonds is 3. The molecule has 10 nitrogen and oxygen atoms in total. The maximum absolute atomic E-state index is 13.6. The van der Waals surface area contributed by atoms with Crippen molar-refractivity contribution in [3.63, 3.8) is 0 Å². The standard InChI is InChI=1S/C28H31N5O5S/c1-27(2,3)33(39(36)37)26(35)38-32-12-10-31(11-13-32)18-7-9-19-21(15-18)28(4,5)25-23(24(19)34)20-8-6-17(16-29)14-22(20)30-25/h6-9,14-15,30H,10-13H2,1-5H3,(H,36,37). The van der Waals surface area contributed by atoms with E-state index in [4.69, 9.17) is 4.84 Å². The zero-order valence-electron chi connectivity index (χ0n) is 22.6. The zero-order chi connectivity index (χ0) is 28.3. The lowest BCUT2D eigenvalue weighted by molar-refractivity contribution is -0.113. The van der Waals surface area contributed by atoms with Crippen molar-refractivity contribution in [1.29, 1.82) is 5.26 Å². The largest absolute Gasteiger partial charge is 0.443 e. The number of hydrogen-bond acceptors (Lipinski definition) is 7. The molecule has 1 aliphatic carbocycles. The second-order valence-electron chi connectivity index (χ2n) is 11.4. The Hall–Kier alpha value is -3.72. The van der Waals surface area contributed by atoms with Gasteiger partial charge in [0.25, 0.3) is 11.3 Å². The van der Waals surface area contributed by atoms with Gasteiger partial charge >= 0.3 is 6.09 Å². The Bertz CT molecular complexity index is 1560. The highest BCUT2D eigenvalue weighted by Crippen LogP contribution is 2.44. The molecule has 2 aromatic carbocycles. The summed E-state index contributed by atoms with van der Waals surface area (Å²) in [5.74, 6) is -0.0387. The Morgan fingerprint density at radius 2 is 1.85 bits per heavy atom. The smallest absolute Gasteiger partial charge is 0.369 e. The quantitative estimate of drug-likeness (QED) is 0.462. The lowest BCUT2D eigenvalue weighted by Gasteiger charge is -2.38. The number of hydrogen-bond donors (Lipinski definition) is 2. The number of hydroxylamine groups is 2. The fourth-order valence-corrected chi connectivity index (χ4v) is 6.07. The molecular formula is C28H31N5O5S. The number of H-pyrrole nitrogens is 1. The Morgan fingerprint density at radius 1 is 1.15 bits per heavy atom. The van der Waals surface area contributed by atoms with E-state index in [1.54, 1.807) is 32.9 Å². The van der Waals surface area contributed by atoms with Crippen LogP contribution in [0.2, 0.25) is 0 Å². The molecule has 3 aromatic rings. The van der Waals surface area contributed by atoms with E-state index in [1.807, 2.05) is 18.2 Å². The van der Waals surface area contributed by atoms with Crippen LogP contribution in [-0.2, 0) is 21.5 Å². The molecule has 2 N–H and O–H groups in total. The van der Waals surface area contributed by atoms with Crippen LogP contribution < -0.4 is 4.90 Å². The fourth-order valence-electron chi connectivity index (χ4n) is 5.44. The first-order valence-electron chi connectivity index (χ1n) is 12.7. The summed E-state index contributed by atoms with van der Waals surface area (Å²) in [6, 6.07) is 13.4. The van der Waals surface area contributed by atoms with Crippen LogP contribution >= 0.6 is 0 Å². The summed E-state index contributed by atoms with van der Waals surface area (Å²) in [6.07, 6.45) is -0.873. The highest BCUT2D eigenvalue weighted by Gasteiger charge is 2.40. The third-order valence-electron chi connectivity index (χ3n) is 7.44. The number of anilines is 1. The number of carbonyl (C=O) groups excluding carboxylic acids is 2. The molecule has 1 saturated heterocycles. The number of nitriles is 1. The SMILES string of the molecule is CC1(C)c2cc(N3CCN(OC(=O)N(S(=O)O)C(C)(C)C)CC3)ccc2C(=O)c2c1[nH]c1cc(C#N)ccc21. The predicted octanol–water partition coefficient (Wildman–Crippen LogP) is 4.32. The summed E-state index contributed by atoms with van der Waals surface area (Å²) >= 11 is -2.50. The van der Waals surface area contributed by atoms with Crippen molar-refractivity contribution in [3.05, 3.63) is 64.3 Å². The van der Waals surface area contributed by atoms with Crippen molar-refractivity contribution < 1.29 is 23.2 Å². The number of piperazine rings is 1. The van der Waals surface area contributed by atoms with E-state index in [1.165, 1.54) is 5.06 Å². The molecule has 1 aromatic heterocycles. The van der Waals surface area contributed by atoms with Gasteiger partial charge in [-0.2, -0.15) is 9.57 Å². The van der Waals surface area contributed by atoms with Gasteiger partial charge in [0, 0.05) is 46.4 Å². The Balaban J connectivity index is 1.36. The van der Waals surface area contributed by atoms with Crippen molar-refractivity contribution in [2.75, 3.05) is 31.1 Å². The van der Waals surface area contributed by atoms with E-state index in [9.17, 15) is 23.6 Å². The number of fused-ring (bicyclic) bond motifs is 4. The van der Waals surface area contributed by atoms with Crippen LogP contribution in [0.3, 0.4) is 0 Å². The summed E-state index contributed by atoms with van der Waals surface area (Å²) in [4.78, 5) is 37.2. The molecule has 1 fully saturated rings. The van der Waals surface area contributed by atoms with Gasteiger partial charge in [0.1, 0.15) is 0 Å². The molecule has 5 rings (SSSR count). The molecule has 1 unspecified atom stereocenters. The van der Waals surface area contributed by atoms with Gasteiger partial charge in [0.15, 0.2) is 5.78 Å². The van der Waals surface area contributed by atoms with E-state index in [0.29, 0.717) is 42.9 Å². The summed E-state index contributed by atoms with van der Waals surface area (Å²) in [5, 5.41) is 11.6. The lowest BCUT2D eigenvalue weighted by atomic mass is 9.71. The number of nitrogens with one attached hydrogen (secondary N) is 1. The van der Waals surface area contributed by atoms with Gasteiger partial charge in [0.2, 0.25) is 0 Å². The Labute approximate surface area is 229 Å². The molecule has 1 amide bonds. The van der Waals surface area contributed by atoms with Crippen LogP contribution in [0.25, 0.3) is 10.9 Å². The molecule has 2 aliphatic rings. The van der Waals surface area contributed by atoms with Gasteiger partial charge in [-0.15, -0.1) is 5.06 Å². The van der Waals surface area contributed by atoms with Crippen LogP contribution in [0.4, 0.5) is 10.5 Å². The van der Waals surface area contributed by atoms with Crippen LogP contribution in [-0.4, -0.2) is 66.7 Å². The van der Waals surface area contributed by atoms with E-state index < -0.39 is 28.3 Å². The van der Waals surface area contributed by atoms with Gasteiger partial charge in [-0.3, -0.25) is 9.35 Å². The molecule has 0 radical (unpaired) electrons. The maximum Gasteiger partial charge on any atom is 0.443 e. The van der Waals surface area contributed by atoms with E-state index in [-0.39, 0.29) is 5.78 Å². The third kappa shape index (κ3) is 4.58. The van der Waals surface area contributed by atoms with Crippen LogP contribution in [0.1, 0.15) is 67.4 Å². The van der Waals surface area contributed by atoms with Crippen molar-refractivity contribution in [1.82, 2.24) is 14.4 Å². The topological polar surface area (TPSA) is 130 Å². The van der Waals surface area contributed by atoms with Gasteiger partial charge in [-0.1, -0.05) is 19.9 Å². The van der Waals surface area contributed by atoms with Crippen molar-refractivity contribution in [2.24, 2.45) is 0 Å². The number of nitrogens with zero attached hydrogens (tertiary/aromatic N) is 4. The molecule has 11 heteroatoms. The molecule has 2 heterocycles. The van der Waals surface area contributed by atoms with Crippen LogP contribution in [0.15, 0.2) is 36.4 Å². The Kier molecular flexibility index (Phi) is 6.53. The monoisotopic (exact) mass is 549 g/mol. The van der Waals surface area contributed by atoms with E-state index in [0.717, 1.165) is 32.2 Å². The van der Waals surface area contributed by atoms with Gasteiger partial charge in [-0.25, -0.2) is 9.00 Å². The molecular weight excluding hydrogens is 518 g/mol. The molecule has 0 bridgehead atoms. The second kappa shape index (κ2) is 9.48. The average molecular weight is 550 g/mol. The van der Waals surface area contributed by atoms with Crippen molar-refractivity contribution in [2.45, 2.75) is 45.6 Å². The first-order chi connectivity index (χ1) is 18.3. The summed E-state index contributed by atoms with van der Waals surface area (Å²) in [5.41, 5.74) is 3.98. The normalized spacial score (nSPS) is 17.8. The average Bonchev–Trinajstić information content (AvgIpc) is 3.26. The number of benzene rings is 2. The molecule has 0 spiro atoms. The molecule has 0 saturated carbocycles. The van der Waals surface area contributed by atoms with Crippen molar-refractivity contribution >= 4 is 39.7 Å². The number of carbonyl (C=O) groups is 2. The Morgan fingerprint density at radius 3 is 2.46 bits per heavy atom. The minimum atomic E-state index is -2.50. The van der Waals surface area contributed by atoms with Crippen LogP contribution in [0, 0.1) is 11.3 Å². The number of aromatic amines is 1. The lowest BCUT2D eigenvalue weighted by Crippen LogP contribution is -2.52. The second-order valence-corrected chi connectivity index (χ2v) is 12.2. The first kappa shape index (κ1) is 26.9. The number of ketones is 1. The van der Waals surface area contributed by atoms with Gasteiger partial charge < -0.3 is 14.7 Å². The van der Waals surface area contributed by atoms with Gasteiger partial charge in [-0.05, 0) is 56.7 Å². The number of amides is 1. The van der Waals surface area contributed by atoms with E-state index >= 15 is 0 Å². The van der Waals surface area contributed by atoms with Crippen LogP contribution in [0.5, 0.6) is 0 Å². The van der Waals surface area contributed by atoms with Crippen molar-refractivity contribution in [3.8, 4) is 6.07 Å².